The second kappa shape index (κ2) is 20.3. The number of esters is 2. The number of rotatable bonds is 16. The van der Waals surface area contributed by atoms with Gasteiger partial charge in [-0.3, -0.25) is 0 Å². The summed E-state index contributed by atoms with van der Waals surface area (Å²) in [6.45, 7) is 5.59. The Balaban J connectivity index is 0.761. The Bertz CT molecular complexity index is 2710. The number of benzene rings is 6. The molecular formula is C56H58N4O6. The Labute approximate surface area is 385 Å². The Hall–Kier alpha value is -6.62. The molecule has 2 saturated heterocycles. The average molecular weight is 883 g/mol. The van der Waals surface area contributed by atoms with Gasteiger partial charge in [0.1, 0.15) is 11.5 Å². The minimum atomic E-state index is -1.11. The monoisotopic (exact) mass is 882 g/mol. The molecule has 2 atom stereocenters. The van der Waals surface area contributed by atoms with Gasteiger partial charge in [-0.2, -0.15) is 0 Å². The molecule has 10 rings (SSSR count). The largest absolute Gasteiger partial charge is 0.454 e. The minimum absolute atomic E-state index is 0.400. The van der Waals surface area contributed by atoms with Crippen LogP contribution in [0.3, 0.4) is 0 Å². The van der Waals surface area contributed by atoms with Crippen molar-refractivity contribution in [2.24, 2.45) is 0 Å². The Morgan fingerprint density at radius 1 is 0.500 bits per heavy atom. The van der Waals surface area contributed by atoms with Crippen molar-refractivity contribution < 1.29 is 28.5 Å². The smallest absolute Gasteiger partial charge is 0.420 e. The van der Waals surface area contributed by atoms with Gasteiger partial charge in [-0.05, 0) is 159 Å². The molecule has 2 aromatic heterocycles. The zero-order valence-electron chi connectivity index (χ0n) is 37.4. The third-order valence-electron chi connectivity index (χ3n) is 13.8. The summed E-state index contributed by atoms with van der Waals surface area (Å²) in [6.07, 6.45) is 8.24. The summed E-state index contributed by atoms with van der Waals surface area (Å²) >= 11 is 0. The predicted octanol–water partition coefficient (Wildman–Crippen LogP) is 11.5. The number of fused-ring (bicyclic) bond motifs is 4. The van der Waals surface area contributed by atoms with Gasteiger partial charge >= 0.3 is 11.9 Å². The summed E-state index contributed by atoms with van der Waals surface area (Å²) < 4.78 is 24.6. The van der Waals surface area contributed by atoms with Crippen LogP contribution in [0, 0.1) is 0 Å². The second-order valence-corrected chi connectivity index (χ2v) is 18.0. The lowest BCUT2D eigenvalue weighted by Gasteiger charge is -2.32. The van der Waals surface area contributed by atoms with Crippen LogP contribution >= 0.6 is 0 Å². The Kier molecular flexibility index (Phi) is 13.3. The molecule has 0 bridgehead atoms. The first kappa shape index (κ1) is 43.3. The highest BCUT2D eigenvalue weighted by atomic mass is 16.7. The molecule has 6 aromatic carbocycles. The van der Waals surface area contributed by atoms with Crippen LogP contribution in [0.2, 0.25) is 0 Å². The van der Waals surface area contributed by atoms with E-state index in [2.05, 4.69) is 105 Å². The van der Waals surface area contributed by atoms with Crippen molar-refractivity contribution in [3.63, 3.8) is 0 Å². The average Bonchev–Trinajstić information content (AvgIpc) is 4.06. The number of carbonyl (C=O) groups is 2. The molecule has 8 aromatic rings. The number of hydrogen-bond donors (Lipinski definition) is 2. The van der Waals surface area contributed by atoms with E-state index in [1.165, 1.54) is 32.7 Å². The van der Waals surface area contributed by atoms with E-state index in [9.17, 15) is 9.59 Å². The summed E-state index contributed by atoms with van der Waals surface area (Å²) in [7, 11) is 0. The first-order chi connectivity index (χ1) is 32.5. The van der Waals surface area contributed by atoms with Gasteiger partial charge in [0.2, 0.25) is 12.6 Å². The molecule has 2 unspecified atom stereocenters. The Morgan fingerprint density at radius 2 is 0.924 bits per heavy atom. The molecule has 10 nitrogen and oxygen atoms in total. The Morgan fingerprint density at radius 3 is 1.36 bits per heavy atom. The van der Waals surface area contributed by atoms with Crippen molar-refractivity contribution in [2.45, 2.75) is 75.8 Å². The van der Waals surface area contributed by atoms with Crippen molar-refractivity contribution in [1.29, 1.82) is 0 Å². The molecule has 0 aliphatic carbocycles. The molecule has 0 spiro atoms. The first-order valence-corrected chi connectivity index (χ1v) is 23.8. The third kappa shape index (κ3) is 10.3. The predicted molar refractivity (Wildman–Crippen MR) is 261 cm³/mol. The van der Waals surface area contributed by atoms with E-state index in [1.54, 1.807) is 0 Å². The molecule has 2 aliphatic rings. The zero-order chi connectivity index (χ0) is 44.7. The molecule has 0 saturated carbocycles. The van der Waals surface area contributed by atoms with Crippen LogP contribution in [0.4, 0.5) is 0 Å². The van der Waals surface area contributed by atoms with Gasteiger partial charge < -0.3 is 38.7 Å². The number of hydrogen-bond acceptors (Lipinski definition) is 8. The number of H-pyrrole nitrogens is 2. The van der Waals surface area contributed by atoms with Crippen molar-refractivity contribution in [1.82, 2.24) is 19.8 Å². The lowest BCUT2D eigenvalue weighted by Crippen LogP contribution is -2.36. The van der Waals surface area contributed by atoms with Gasteiger partial charge in [-0.25, -0.2) is 9.59 Å². The van der Waals surface area contributed by atoms with Crippen molar-refractivity contribution >= 4 is 55.3 Å². The maximum Gasteiger partial charge on any atom is 0.420 e. The van der Waals surface area contributed by atoms with Gasteiger partial charge in [-0.1, -0.05) is 97.1 Å². The number of nitrogens with zero attached hydrogens (tertiary/aromatic N) is 2. The van der Waals surface area contributed by atoms with Gasteiger partial charge in [-0.15, -0.1) is 0 Å². The molecule has 0 amide bonds. The first-order valence-electron chi connectivity index (χ1n) is 23.8. The van der Waals surface area contributed by atoms with Crippen LogP contribution in [0.5, 0.6) is 11.5 Å². The number of ether oxygens (including phenoxy) is 4. The van der Waals surface area contributed by atoms with Crippen LogP contribution in [0.15, 0.2) is 146 Å². The molecular weight excluding hydrogens is 825 g/mol. The molecule has 2 N–H and O–H groups in total. The van der Waals surface area contributed by atoms with Crippen LogP contribution < -0.4 is 9.47 Å². The summed E-state index contributed by atoms with van der Waals surface area (Å²) in [6, 6.07) is 46.0. The topological polar surface area (TPSA) is 109 Å². The minimum Gasteiger partial charge on any atom is -0.454 e. The van der Waals surface area contributed by atoms with Gasteiger partial charge in [0.05, 0.1) is 0 Å². The van der Waals surface area contributed by atoms with E-state index in [1.807, 2.05) is 60.9 Å². The van der Waals surface area contributed by atoms with Crippen molar-refractivity contribution in [3.05, 3.63) is 157 Å². The van der Waals surface area contributed by atoms with Crippen molar-refractivity contribution in [3.8, 4) is 11.5 Å². The number of likely N-dealkylation sites (tertiary alicyclic amines) is 2. The van der Waals surface area contributed by atoms with Gasteiger partial charge in [0.25, 0.3) is 0 Å². The van der Waals surface area contributed by atoms with Crippen LogP contribution in [0.1, 0.15) is 74.3 Å². The number of aromatic amines is 2. The molecule has 2 fully saturated rings. The normalized spacial score (nSPS) is 16.4. The van der Waals surface area contributed by atoms with Crippen LogP contribution in [-0.4, -0.2) is 83.6 Å². The molecule has 4 heterocycles. The fraction of sp³-hybridized carbons (Fsp3) is 0.321. The fourth-order valence-electron chi connectivity index (χ4n) is 10.1. The molecule has 10 heteroatoms. The highest BCUT2D eigenvalue weighted by Gasteiger charge is 2.30. The summed E-state index contributed by atoms with van der Waals surface area (Å²) in [5.74, 6) is -0.0305. The lowest BCUT2D eigenvalue weighted by molar-refractivity contribution is -0.190. The quantitative estimate of drug-likeness (QED) is 0.0561. The second-order valence-electron chi connectivity index (χ2n) is 18.0. The number of nitrogens with one attached hydrogen (secondary N) is 2. The lowest BCUT2D eigenvalue weighted by atomic mass is 9.88. The SMILES string of the molecule is O=C(OC(CCCN1CCC(c2ccc3ccccc3c2)CC1)Oc1cccc2[nH]ccc12)C(=O)OC(CCCN1CCC(c2ccc3ccccc3c2)CC1)Oc1cccc2[nH]ccc12. The maximum atomic E-state index is 13.7. The standard InChI is InChI=1S/C56H58N4O6/c61-55(65-53(63-51-15-5-13-49-47(51)23-29-57-49)17-7-31-59-33-25-41(26-34-59)45-21-19-39-9-1-3-11-43(39)37-45)56(62)66-54(64-52-16-6-14-50-48(52)24-30-58-50)18-8-32-60-35-27-42(28-36-60)46-22-20-40-10-2-4-12-44(40)38-46/h1-6,9-16,19-24,29-30,37-38,41-42,53-54,57-58H,7-8,17-18,25-28,31-36H2. The van der Waals surface area contributed by atoms with E-state index in [0.29, 0.717) is 49.0 Å². The van der Waals surface area contributed by atoms with Crippen molar-refractivity contribution in [2.75, 3.05) is 39.3 Å². The molecule has 0 radical (unpaired) electrons. The van der Waals surface area contributed by atoms with E-state index in [4.69, 9.17) is 18.9 Å². The maximum absolute atomic E-state index is 13.7. The number of aromatic nitrogens is 2. The highest BCUT2D eigenvalue weighted by molar-refractivity contribution is 6.29. The summed E-state index contributed by atoms with van der Waals surface area (Å²) in [5, 5.41) is 6.84. The van der Waals surface area contributed by atoms with Crippen LogP contribution in [0.25, 0.3) is 43.4 Å². The van der Waals surface area contributed by atoms with E-state index in [0.717, 1.165) is 86.8 Å². The van der Waals surface area contributed by atoms with E-state index < -0.39 is 24.5 Å². The molecule has 2 aliphatic heterocycles. The van der Waals surface area contributed by atoms with E-state index in [-0.39, 0.29) is 0 Å². The molecule has 338 valence electrons. The summed E-state index contributed by atoms with van der Waals surface area (Å²) in [4.78, 5) is 38.8. The zero-order valence-corrected chi connectivity index (χ0v) is 37.4. The van der Waals surface area contributed by atoms with Gasteiger partial charge in [0, 0.05) is 47.0 Å². The van der Waals surface area contributed by atoms with Gasteiger partial charge in [0.15, 0.2) is 0 Å². The number of piperidine rings is 2. The third-order valence-corrected chi connectivity index (χ3v) is 13.8. The van der Waals surface area contributed by atoms with E-state index >= 15 is 0 Å². The number of carbonyl (C=O) groups excluding carboxylic acids is 2. The fourth-order valence-corrected chi connectivity index (χ4v) is 10.1. The highest BCUT2D eigenvalue weighted by Crippen LogP contribution is 2.33. The van der Waals surface area contributed by atoms with Crippen LogP contribution in [-0.2, 0) is 19.1 Å². The molecule has 66 heavy (non-hydrogen) atoms. The summed E-state index contributed by atoms with van der Waals surface area (Å²) in [5.41, 5.74) is 4.61.